The number of aromatic nitrogens is 3. The molecule has 0 aliphatic heterocycles. The lowest BCUT2D eigenvalue weighted by molar-refractivity contribution is 1.06. The summed E-state index contributed by atoms with van der Waals surface area (Å²) in [6, 6.07) is 0. The molecule has 2 aliphatic rings. The topological polar surface area (TPSA) is 41.6 Å². The third-order valence-corrected chi connectivity index (χ3v) is 4.25. The lowest BCUT2D eigenvalue weighted by atomic mass is 10.0. The highest BCUT2D eigenvalue weighted by atomic mass is 32.1. The molecule has 88 valence electrons. The standard InChI is InChI=1S/C14H11N3S/c1-2-4-11-9(3-1)5-12-14(11)17-13(18-12)6-10-7-15-8-16-10/h1-3,5,7-8H,4,6H2,(H,15,16). The average Bonchev–Trinajstić information content (AvgIpc) is 3.05. The number of thiazole rings is 1. The van der Waals surface area contributed by atoms with Gasteiger partial charge in [0, 0.05) is 18.3 Å². The molecule has 0 atom stereocenters. The summed E-state index contributed by atoms with van der Waals surface area (Å²) in [6.45, 7) is 0. The second-order valence-corrected chi connectivity index (χ2v) is 5.57. The number of imidazole rings is 1. The SMILES string of the molecule is C1=CCC2=c3nc(Cc4cnc[nH]4)sc3=CC2=C1. The second kappa shape index (κ2) is 3.78. The molecule has 18 heavy (non-hydrogen) atoms. The molecule has 0 fully saturated rings. The molecule has 0 aromatic carbocycles. The third-order valence-electron chi connectivity index (χ3n) is 3.25. The number of H-pyrrole nitrogens is 1. The fourth-order valence-electron chi connectivity index (χ4n) is 2.40. The molecule has 0 bridgehead atoms. The molecule has 4 rings (SSSR count). The fraction of sp³-hybridized carbons (Fsp3) is 0.143. The van der Waals surface area contributed by atoms with Gasteiger partial charge in [0.25, 0.3) is 0 Å². The van der Waals surface area contributed by atoms with Crippen LogP contribution in [0.4, 0.5) is 0 Å². The minimum atomic E-state index is 0.841. The number of aromatic amines is 1. The van der Waals surface area contributed by atoms with E-state index in [0.717, 1.165) is 23.5 Å². The van der Waals surface area contributed by atoms with E-state index < -0.39 is 0 Å². The predicted molar refractivity (Wildman–Crippen MR) is 72.5 cm³/mol. The highest BCUT2D eigenvalue weighted by molar-refractivity contribution is 7.09. The molecule has 2 aliphatic carbocycles. The zero-order valence-electron chi connectivity index (χ0n) is 9.68. The van der Waals surface area contributed by atoms with Crippen molar-refractivity contribution >= 4 is 23.0 Å². The molecule has 0 saturated heterocycles. The lowest BCUT2D eigenvalue weighted by Gasteiger charge is -2.04. The number of nitrogens with one attached hydrogen (secondary N) is 1. The van der Waals surface area contributed by atoms with Crippen molar-refractivity contribution in [1.82, 2.24) is 15.0 Å². The molecule has 0 amide bonds. The first kappa shape index (κ1) is 10.0. The quantitative estimate of drug-likeness (QED) is 0.876. The Balaban J connectivity index is 1.79. The highest BCUT2D eigenvalue weighted by Gasteiger charge is 2.15. The maximum Gasteiger partial charge on any atom is 0.0998 e. The smallest absolute Gasteiger partial charge is 0.0998 e. The minimum Gasteiger partial charge on any atom is -0.348 e. The molecular weight excluding hydrogens is 242 g/mol. The Hall–Kier alpha value is -1.94. The molecule has 2 aromatic rings. The van der Waals surface area contributed by atoms with Crippen molar-refractivity contribution in [3.05, 3.63) is 56.9 Å². The zero-order valence-corrected chi connectivity index (χ0v) is 10.5. The first-order valence-corrected chi connectivity index (χ1v) is 6.77. The van der Waals surface area contributed by atoms with Gasteiger partial charge < -0.3 is 4.98 Å². The monoisotopic (exact) mass is 253 g/mol. The molecule has 4 heteroatoms. The van der Waals surface area contributed by atoms with Gasteiger partial charge in [0.1, 0.15) is 0 Å². The molecule has 0 saturated carbocycles. The van der Waals surface area contributed by atoms with Crippen molar-refractivity contribution in [1.29, 1.82) is 0 Å². The van der Waals surface area contributed by atoms with Gasteiger partial charge in [-0.3, -0.25) is 0 Å². The fourth-order valence-corrected chi connectivity index (χ4v) is 3.47. The minimum absolute atomic E-state index is 0.841. The van der Waals surface area contributed by atoms with Crippen LogP contribution in [0.3, 0.4) is 0 Å². The molecule has 2 heterocycles. The number of hydrogen-bond donors (Lipinski definition) is 1. The lowest BCUT2D eigenvalue weighted by Crippen LogP contribution is -2.19. The van der Waals surface area contributed by atoms with E-state index in [1.807, 2.05) is 6.20 Å². The van der Waals surface area contributed by atoms with Crippen molar-refractivity contribution in [3.8, 4) is 0 Å². The summed E-state index contributed by atoms with van der Waals surface area (Å²) in [6.07, 6.45) is 14.1. The molecule has 1 N–H and O–H groups in total. The number of nitrogens with zero attached hydrogens (tertiary/aromatic N) is 2. The Kier molecular flexibility index (Phi) is 2.11. The van der Waals surface area contributed by atoms with Crippen LogP contribution in [0.1, 0.15) is 17.1 Å². The van der Waals surface area contributed by atoms with Crippen molar-refractivity contribution in [2.75, 3.05) is 0 Å². The van der Waals surface area contributed by atoms with Crippen LogP contribution in [0.5, 0.6) is 0 Å². The van der Waals surface area contributed by atoms with E-state index in [9.17, 15) is 0 Å². The van der Waals surface area contributed by atoms with E-state index in [4.69, 9.17) is 4.98 Å². The van der Waals surface area contributed by atoms with E-state index >= 15 is 0 Å². The van der Waals surface area contributed by atoms with Crippen molar-refractivity contribution in [2.24, 2.45) is 0 Å². The van der Waals surface area contributed by atoms with Gasteiger partial charge in [0.05, 0.1) is 21.2 Å². The molecule has 0 radical (unpaired) electrons. The summed E-state index contributed by atoms with van der Waals surface area (Å²) in [5.41, 5.74) is 3.82. The van der Waals surface area contributed by atoms with Crippen molar-refractivity contribution in [3.63, 3.8) is 0 Å². The summed E-state index contributed by atoms with van der Waals surface area (Å²) >= 11 is 1.78. The van der Waals surface area contributed by atoms with Gasteiger partial charge >= 0.3 is 0 Å². The number of rotatable bonds is 2. The normalized spacial score (nSPS) is 16.2. The molecular formula is C14H11N3S. The first-order valence-electron chi connectivity index (χ1n) is 5.95. The maximum absolute atomic E-state index is 4.78. The number of hydrogen-bond acceptors (Lipinski definition) is 3. The second-order valence-electron chi connectivity index (χ2n) is 4.45. The highest BCUT2D eigenvalue weighted by Crippen LogP contribution is 2.23. The van der Waals surface area contributed by atoms with Gasteiger partial charge in [0.2, 0.25) is 0 Å². The van der Waals surface area contributed by atoms with Crippen LogP contribution in [-0.4, -0.2) is 15.0 Å². The summed E-state index contributed by atoms with van der Waals surface area (Å²) in [4.78, 5) is 11.9. The van der Waals surface area contributed by atoms with Gasteiger partial charge in [-0.15, -0.1) is 11.3 Å². The van der Waals surface area contributed by atoms with Crippen LogP contribution in [0.2, 0.25) is 0 Å². The van der Waals surface area contributed by atoms with E-state index in [1.54, 1.807) is 17.7 Å². The van der Waals surface area contributed by atoms with Crippen LogP contribution in [-0.2, 0) is 6.42 Å². The summed E-state index contributed by atoms with van der Waals surface area (Å²) in [7, 11) is 0. The number of allylic oxidation sites excluding steroid dienone is 4. The summed E-state index contributed by atoms with van der Waals surface area (Å²) < 4.78 is 1.30. The van der Waals surface area contributed by atoms with Gasteiger partial charge in [-0.2, -0.15) is 0 Å². The van der Waals surface area contributed by atoms with E-state index in [-0.39, 0.29) is 0 Å². The largest absolute Gasteiger partial charge is 0.348 e. The van der Waals surface area contributed by atoms with Gasteiger partial charge in [-0.05, 0) is 23.6 Å². The van der Waals surface area contributed by atoms with E-state index in [0.29, 0.717) is 0 Å². The maximum atomic E-state index is 4.78. The molecule has 2 aromatic heterocycles. The van der Waals surface area contributed by atoms with Crippen LogP contribution in [0, 0.1) is 0 Å². The number of fused-ring (bicyclic) bond motifs is 2. The van der Waals surface area contributed by atoms with Gasteiger partial charge in [-0.25, -0.2) is 9.97 Å². The van der Waals surface area contributed by atoms with Crippen LogP contribution in [0.25, 0.3) is 11.6 Å². The van der Waals surface area contributed by atoms with Crippen LogP contribution >= 0.6 is 11.3 Å². The molecule has 0 unspecified atom stereocenters. The van der Waals surface area contributed by atoms with Crippen molar-refractivity contribution < 1.29 is 0 Å². The van der Waals surface area contributed by atoms with Crippen molar-refractivity contribution in [2.45, 2.75) is 12.8 Å². The Morgan fingerprint density at radius 3 is 3.28 bits per heavy atom. The van der Waals surface area contributed by atoms with Gasteiger partial charge in [0.15, 0.2) is 0 Å². The van der Waals surface area contributed by atoms with E-state index in [2.05, 4.69) is 34.3 Å². The third kappa shape index (κ3) is 1.49. The predicted octanol–water partition coefficient (Wildman–Crippen LogP) is 1.29. The Morgan fingerprint density at radius 1 is 1.39 bits per heavy atom. The van der Waals surface area contributed by atoms with Crippen LogP contribution in [0.15, 0.2) is 36.3 Å². The van der Waals surface area contributed by atoms with Crippen LogP contribution < -0.4 is 9.88 Å². The Morgan fingerprint density at radius 2 is 2.39 bits per heavy atom. The molecule has 3 nitrogen and oxygen atoms in total. The van der Waals surface area contributed by atoms with Gasteiger partial charge in [-0.1, -0.05) is 18.2 Å². The summed E-state index contributed by atoms with van der Waals surface area (Å²) in [5, 5.41) is 2.34. The summed E-state index contributed by atoms with van der Waals surface area (Å²) in [5.74, 6) is 0. The first-order chi connectivity index (χ1) is 8.90. The Bertz CT molecular complexity index is 776. The zero-order chi connectivity index (χ0) is 11.9. The average molecular weight is 253 g/mol. The molecule has 0 spiro atoms. The van der Waals surface area contributed by atoms with E-state index in [1.165, 1.54) is 21.0 Å². The Labute approximate surface area is 108 Å².